The molecule has 0 saturated carbocycles. The molecule has 0 unspecified atom stereocenters. The molecule has 2 aromatic rings. The SMILES string of the molecule is CC(C)c1c(N)ncnc1Nc1ccc(S(C)(=O)=O)cc1. The number of rotatable bonds is 4. The molecule has 1 aromatic heterocycles. The van der Waals surface area contributed by atoms with Crippen LogP contribution in [0.1, 0.15) is 25.3 Å². The molecule has 0 radical (unpaired) electrons. The topological polar surface area (TPSA) is 98.0 Å². The molecule has 0 bridgehead atoms. The first kappa shape index (κ1) is 15.2. The smallest absolute Gasteiger partial charge is 0.175 e. The van der Waals surface area contributed by atoms with Gasteiger partial charge in [0.1, 0.15) is 18.0 Å². The summed E-state index contributed by atoms with van der Waals surface area (Å²) in [6.07, 6.45) is 2.58. The number of hydrogen-bond acceptors (Lipinski definition) is 6. The monoisotopic (exact) mass is 306 g/mol. The van der Waals surface area contributed by atoms with Gasteiger partial charge in [-0.05, 0) is 30.2 Å². The lowest BCUT2D eigenvalue weighted by Gasteiger charge is -2.15. The maximum Gasteiger partial charge on any atom is 0.175 e. The minimum absolute atomic E-state index is 0.170. The molecule has 0 aliphatic rings. The Kier molecular flexibility index (Phi) is 4.13. The zero-order chi connectivity index (χ0) is 15.6. The molecule has 0 saturated heterocycles. The molecule has 0 spiro atoms. The molecule has 0 fully saturated rings. The quantitative estimate of drug-likeness (QED) is 0.899. The zero-order valence-electron chi connectivity index (χ0n) is 12.2. The lowest BCUT2D eigenvalue weighted by Crippen LogP contribution is -2.06. The Balaban J connectivity index is 2.33. The third-order valence-electron chi connectivity index (χ3n) is 3.04. The first-order chi connectivity index (χ1) is 9.79. The van der Waals surface area contributed by atoms with Crippen molar-refractivity contribution >= 4 is 27.2 Å². The van der Waals surface area contributed by atoms with Crippen LogP contribution >= 0.6 is 0 Å². The normalized spacial score (nSPS) is 11.6. The fraction of sp³-hybridized carbons (Fsp3) is 0.286. The van der Waals surface area contributed by atoms with Crippen LogP contribution in [-0.2, 0) is 9.84 Å². The van der Waals surface area contributed by atoms with Crippen molar-refractivity contribution in [3.05, 3.63) is 36.2 Å². The predicted octanol–water partition coefficient (Wildman–Crippen LogP) is 2.33. The fourth-order valence-electron chi connectivity index (χ4n) is 2.00. The van der Waals surface area contributed by atoms with Crippen molar-refractivity contribution in [2.45, 2.75) is 24.7 Å². The van der Waals surface area contributed by atoms with Gasteiger partial charge in [-0.2, -0.15) is 0 Å². The van der Waals surface area contributed by atoms with Crippen molar-refractivity contribution < 1.29 is 8.42 Å². The van der Waals surface area contributed by atoms with Gasteiger partial charge in [-0.25, -0.2) is 18.4 Å². The van der Waals surface area contributed by atoms with Crippen molar-refractivity contribution in [1.29, 1.82) is 0 Å². The maximum atomic E-state index is 11.4. The van der Waals surface area contributed by atoms with Gasteiger partial charge in [-0.15, -0.1) is 0 Å². The summed E-state index contributed by atoms with van der Waals surface area (Å²) in [5.74, 6) is 1.24. The first-order valence-electron chi connectivity index (χ1n) is 6.46. The second-order valence-corrected chi connectivity index (χ2v) is 7.11. The first-order valence-corrected chi connectivity index (χ1v) is 8.35. The number of aromatic nitrogens is 2. The third-order valence-corrected chi connectivity index (χ3v) is 4.17. The number of benzene rings is 1. The van der Waals surface area contributed by atoms with Gasteiger partial charge in [-0.1, -0.05) is 13.8 Å². The lowest BCUT2D eigenvalue weighted by molar-refractivity contribution is 0.602. The van der Waals surface area contributed by atoms with E-state index in [2.05, 4.69) is 15.3 Å². The summed E-state index contributed by atoms with van der Waals surface area (Å²) in [7, 11) is -3.19. The highest BCUT2D eigenvalue weighted by Gasteiger charge is 2.13. The lowest BCUT2D eigenvalue weighted by atomic mass is 10.0. The van der Waals surface area contributed by atoms with Gasteiger partial charge in [0.25, 0.3) is 0 Å². The average Bonchev–Trinajstić information content (AvgIpc) is 2.38. The van der Waals surface area contributed by atoms with Crippen molar-refractivity contribution in [3.8, 4) is 0 Å². The molecule has 3 N–H and O–H groups in total. The molecule has 21 heavy (non-hydrogen) atoms. The van der Waals surface area contributed by atoms with E-state index in [0.717, 1.165) is 11.3 Å². The van der Waals surface area contributed by atoms with Gasteiger partial charge in [-0.3, -0.25) is 0 Å². The van der Waals surface area contributed by atoms with E-state index in [1.807, 2.05) is 13.8 Å². The highest BCUT2D eigenvalue weighted by Crippen LogP contribution is 2.28. The van der Waals surface area contributed by atoms with Crippen LogP contribution in [0.4, 0.5) is 17.3 Å². The maximum absolute atomic E-state index is 11.4. The summed E-state index contributed by atoms with van der Waals surface area (Å²) in [4.78, 5) is 8.48. The summed E-state index contributed by atoms with van der Waals surface area (Å²) < 4.78 is 22.9. The summed E-state index contributed by atoms with van der Waals surface area (Å²) in [5, 5.41) is 3.15. The third kappa shape index (κ3) is 3.49. The van der Waals surface area contributed by atoms with E-state index in [9.17, 15) is 8.42 Å². The van der Waals surface area contributed by atoms with Crippen LogP contribution in [-0.4, -0.2) is 24.6 Å². The Bertz CT molecular complexity index is 740. The van der Waals surface area contributed by atoms with Crippen molar-refractivity contribution in [3.63, 3.8) is 0 Å². The summed E-state index contributed by atoms with van der Waals surface area (Å²) in [6, 6.07) is 6.49. The van der Waals surface area contributed by atoms with E-state index in [1.165, 1.54) is 12.6 Å². The van der Waals surface area contributed by atoms with Crippen LogP contribution in [0.15, 0.2) is 35.5 Å². The van der Waals surface area contributed by atoms with Gasteiger partial charge in [0.15, 0.2) is 9.84 Å². The van der Waals surface area contributed by atoms with E-state index in [0.29, 0.717) is 11.6 Å². The molecular weight excluding hydrogens is 288 g/mol. The average molecular weight is 306 g/mol. The number of nitrogen functional groups attached to an aromatic ring is 1. The second kappa shape index (κ2) is 5.69. The van der Waals surface area contributed by atoms with Crippen LogP contribution in [0.2, 0.25) is 0 Å². The van der Waals surface area contributed by atoms with Crippen LogP contribution < -0.4 is 11.1 Å². The predicted molar refractivity (Wildman–Crippen MR) is 83.4 cm³/mol. The Hall–Kier alpha value is -2.15. The molecule has 112 valence electrons. The van der Waals surface area contributed by atoms with Crippen LogP contribution in [0.5, 0.6) is 0 Å². The standard InChI is InChI=1S/C14H18N4O2S/c1-9(2)12-13(15)16-8-17-14(12)18-10-4-6-11(7-5-10)21(3,19)20/h4-9H,1-3H3,(H3,15,16,17,18). The Labute approximate surface area is 124 Å². The molecule has 0 atom stereocenters. The molecule has 2 rings (SSSR count). The Morgan fingerprint density at radius 2 is 1.76 bits per heavy atom. The summed E-state index contributed by atoms with van der Waals surface area (Å²) in [6.45, 7) is 4.01. The van der Waals surface area contributed by atoms with Crippen LogP contribution in [0.3, 0.4) is 0 Å². The molecule has 7 heteroatoms. The van der Waals surface area contributed by atoms with Gasteiger partial charge >= 0.3 is 0 Å². The van der Waals surface area contributed by atoms with E-state index in [-0.39, 0.29) is 10.8 Å². The van der Waals surface area contributed by atoms with E-state index >= 15 is 0 Å². The minimum Gasteiger partial charge on any atom is -0.383 e. The summed E-state index contributed by atoms with van der Waals surface area (Å²) >= 11 is 0. The molecular formula is C14H18N4O2S. The zero-order valence-corrected chi connectivity index (χ0v) is 13.0. The molecule has 0 aliphatic carbocycles. The number of hydrogen-bond donors (Lipinski definition) is 2. The number of anilines is 3. The Morgan fingerprint density at radius 1 is 1.14 bits per heavy atom. The van der Waals surface area contributed by atoms with E-state index in [1.54, 1.807) is 24.3 Å². The fourth-order valence-corrected chi connectivity index (χ4v) is 2.63. The highest BCUT2D eigenvalue weighted by atomic mass is 32.2. The Morgan fingerprint density at radius 3 is 2.29 bits per heavy atom. The molecule has 1 aromatic carbocycles. The van der Waals surface area contributed by atoms with Gasteiger partial charge in [0, 0.05) is 17.5 Å². The van der Waals surface area contributed by atoms with Crippen LogP contribution in [0.25, 0.3) is 0 Å². The largest absolute Gasteiger partial charge is 0.383 e. The van der Waals surface area contributed by atoms with Crippen LogP contribution in [0, 0.1) is 0 Å². The minimum atomic E-state index is -3.19. The summed E-state index contributed by atoms with van der Waals surface area (Å²) in [5.41, 5.74) is 7.46. The second-order valence-electron chi connectivity index (χ2n) is 5.10. The van der Waals surface area contributed by atoms with Gasteiger partial charge in [0.05, 0.1) is 4.90 Å². The van der Waals surface area contributed by atoms with Gasteiger partial charge < -0.3 is 11.1 Å². The molecule has 1 heterocycles. The van der Waals surface area contributed by atoms with Crippen molar-refractivity contribution in [2.24, 2.45) is 0 Å². The van der Waals surface area contributed by atoms with Gasteiger partial charge in [0.2, 0.25) is 0 Å². The van der Waals surface area contributed by atoms with Crippen molar-refractivity contribution in [1.82, 2.24) is 9.97 Å². The van der Waals surface area contributed by atoms with E-state index in [4.69, 9.17) is 5.73 Å². The molecule has 6 nitrogen and oxygen atoms in total. The number of nitrogens with zero attached hydrogens (tertiary/aromatic N) is 2. The number of sulfone groups is 1. The number of nitrogens with one attached hydrogen (secondary N) is 1. The molecule has 0 amide bonds. The van der Waals surface area contributed by atoms with Crippen molar-refractivity contribution in [2.75, 3.05) is 17.3 Å². The highest BCUT2D eigenvalue weighted by molar-refractivity contribution is 7.90. The molecule has 0 aliphatic heterocycles. The number of nitrogens with two attached hydrogens (primary N) is 1. The van der Waals surface area contributed by atoms with E-state index < -0.39 is 9.84 Å².